The molecule has 4 rings (SSSR count). The molecule has 0 aliphatic carbocycles. The molecule has 0 fully saturated rings. The lowest BCUT2D eigenvalue weighted by Gasteiger charge is -2.15. The number of hydrogen-bond acceptors (Lipinski definition) is 4. The first-order valence-electron chi connectivity index (χ1n) is 12.0. The summed E-state index contributed by atoms with van der Waals surface area (Å²) in [5.41, 5.74) is 6.58. The Morgan fingerprint density at radius 2 is 1.14 bits per heavy atom. The van der Waals surface area contributed by atoms with E-state index in [-0.39, 0.29) is 17.5 Å². The zero-order valence-corrected chi connectivity index (χ0v) is 24.1. The van der Waals surface area contributed by atoms with E-state index in [0.29, 0.717) is 38.0 Å². The van der Waals surface area contributed by atoms with Gasteiger partial charge in [-0.05, 0) is 88.0 Å². The highest BCUT2D eigenvalue weighted by molar-refractivity contribution is 9.10. The Morgan fingerprint density at radius 3 is 1.62 bits per heavy atom. The van der Waals surface area contributed by atoms with E-state index >= 15 is 0 Å². The molecule has 0 saturated carbocycles. The van der Waals surface area contributed by atoms with E-state index in [1.54, 1.807) is 0 Å². The molecule has 0 spiro atoms. The second kappa shape index (κ2) is 11.9. The zero-order chi connectivity index (χ0) is 26.5. The number of halogens is 2. The Kier molecular flexibility index (Phi) is 8.62. The Morgan fingerprint density at radius 1 is 0.703 bits per heavy atom. The van der Waals surface area contributed by atoms with Gasteiger partial charge in [0.25, 0.3) is 0 Å². The van der Waals surface area contributed by atoms with Crippen LogP contribution in [-0.4, -0.2) is 34.2 Å². The topological polar surface area (TPSA) is 65.2 Å². The fraction of sp³-hybridized carbons (Fsp3) is 0.161. The van der Waals surface area contributed by atoms with Crippen LogP contribution in [0.5, 0.6) is 11.5 Å². The van der Waals surface area contributed by atoms with E-state index in [2.05, 4.69) is 31.9 Å². The van der Waals surface area contributed by atoms with Crippen LogP contribution in [0.2, 0.25) is 0 Å². The van der Waals surface area contributed by atoms with Crippen LogP contribution in [0.3, 0.4) is 0 Å². The van der Waals surface area contributed by atoms with Crippen molar-refractivity contribution in [1.29, 1.82) is 0 Å². The summed E-state index contributed by atoms with van der Waals surface area (Å²) in [6.45, 7) is 6.37. The minimum Gasteiger partial charge on any atom is -0.506 e. The maximum absolute atomic E-state index is 10.9. The summed E-state index contributed by atoms with van der Waals surface area (Å²) in [6, 6.07) is 27.1. The molecule has 4 aromatic carbocycles. The number of hydrogen-bond donors (Lipinski definition) is 2. The molecule has 37 heavy (non-hydrogen) atoms. The summed E-state index contributed by atoms with van der Waals surface area (Å²) in [6.07, 6.45) is 0. The zero-order valence-electron chi connectivity index (χ0n) is 20.9. The number of phenols is 2. The number of aromatic hydroxyl groups is 2. The van der Waals surface area contributed by atoms with Gasteiger partial charge in [-0.2, -0.15) is 0 Å². The molecule has 1 atom stereocenters. The third kappa shape index (κ3) is 6.38. The number of rotatable bonds is 7. The first-order chi connectivity index (χ1) is 17.7. The molecule has 188 valence electrons. The second-order valence-electron chi connectivity index (χ2n) is 9.03. The van der Waals surface area contributed by atoms with Gasteiger partial charge in [-0.25, -0.2) is 0 Å². The molecule has 6 heteroatoms. The third-order valence-electron chi connectivity index (χ3n) is 5.88. The van der Waals surface area contributed by atoms with E-state index in [4.69, 9.17) is 9.98 Å². The van der Waals surface area contributed by atoms with E-state index in [1.807, 2.05) is 106 Å². The molecule has 1 unspecified atom stereocenters. The molecule has 0 aliphatic heterocycles. The normalized spacial score (nSPS) is 13.0. The largest absolute Gasteiger partial charge is 0.506 e. The molecule has 0 radical (unpaired) electrons. The van der Waals surface area contributed by atoms with E-state index in [0.717, 1.165) is 22.3 Å². The summed E-state index contributed by atoms with van der Waals surface area (Å²) in [5.74, 6) is 0.312. The van der Waals surface area contributed by atoms with Crippen molar-refractivity contribution in [3.8, 4) is 11.5 Å². The minimum atomic E-state index is -0.206. The van der Waals surface area contributed by atoms with E-state index < -0.39 is 0 Å². The predicted molar refractivity (Wildman–Crippen MR) is 160 cm³/mol. The van der Waals surface area contributed by atoms with Crippen molar-refractivity contribution in [2.45, 2.75) is 26.8 Å². The van der Waals surface area contributed by atoms with Gasteiger partial charge < -0.3 is 10.2 Å². The number of nitrogens with zero attached hydrogens (tertiary/aromatic N) is 2. The number of aryl methyl sites for hydroxylation is 2. The van der Waals surface area contributed by atoms with Gasteiger partial charge >= 0.3 is 0 Å². The fourth-order valence-electron chi connectivity index (χ4n) is 4.14. The van der Waals surface area contributed by atoms with Crippen LogP contribution >= 0.6 is 31.9 Å². The number of aliphatic imine (C=N–C) groups is 2. The van der Waals surface area contributed by atoms with Gasteiger partial charge in [-0.15, -0.1) is 0 Å². The summed E-state index contributed by atoms with van der Waals surface area (Å²) >= 11 is 6.94. The summed E-state index contributed by atoms with van der Waals surface area (Å²) in [5, 5.41) is 21.7. The van der Waals surface area contributed by atoms with Crippen LogP contribution in [0.15, 0.2) is 104 Å². The molecular weight excluding hydrogens is 592 g/mol. The van der Waals surface area contributed by atoms with Gasteiger partial charge in [-0.1, -0.05) is 60.7 Å². The molecule has 0 saturated heterocycles. The van der Waals surface area contributed by atoms with Crippen molar-refractivity contribution in [2.75, 3.05) is 6.54 Å². The smallest absolute Gasteiger partial charge is 0.139 e. The van der Waals surface area contributed by atoms with Crippen molar-refractivity contribution in [2.24, 2.45) is 9.98 Å². The van der Waals surface area contributed by atoms with Gasteiger partial charge in [0.05, 0.1) is 33.0 Å². The number of benzene rings is 4. The van der Waals surface area contributed by atoms with Crippen LogP contribution in [0, 0.1) is 13.8 Å². The highest BCUT2D eigenvalue weighted by Gasteiger charge is 2.18. The van der Waals surface area contributed by atoms with E-state index in [9.17, 15) is 10.2 Å². The highest BCUT2D eigenvalue weighted by Crippen LogP contribution is 2.33. The van der Waals surface area contributed by atoms with Crippen LogP contribution in [0.4, 0.5) is 0 Å². The van der Waals surface area contributed by atoms with Gasteiger partial charge in [0.15, 0.2) is 0 Å². The Bertz CT molecular complexity index is 1470. The molecule has 0 aliphatic rings. The Hall–Kier alpha value is -3.22. The van der Waals surface area contributed by atoms with Gasteiger partial charge in [0.1, 0.15) is 11.5 Å². The minimum absolute atomic E-state index is 0.156. The second-order valence-corrected chi connectivity index (χ2v) is 10.7. The first kappa shape index (κ1) is 26.8. The van der Waals surface area contributed by atoms with Crippen LogP contribution in [0.25, 0.3) is 0 Å². The third-order valence-corrected chi connectivity index (χ3v) is 7.09. The summed E-state index contributed by atoms with van der Waals surface area (Å²) in [7, 11) is 0. The SMILES string of the molecule is Cc1cc(Br)c(O)c(C(=NCC(C)N=C(c2ccccc2)c2cc(C)cc(Br)c2O)c2ccccc2)c1. The fourth-order valence-corrected chi connectivity index (χ4v) is 5.29. The van der Waals surface area contributed by atoms with Crippen molar-refractivity contribution >= 4 is 43.3 Å². The molecular formula is C31H28Br2N2O2. The Balaban J connectivity index is 1.79. The van der Waals surface area contributed by atoms with Crippen LogP contribution in [0.1, 0.15) is 40.3 Å². The predicted octanol–water partition coefficient (Wildman–Crippen LogP) is 8.00. The maximum Gasteiger partial charge on any atom is 0.139 e. The molecule has 2 N–H and O–H groups in total. The molecule has 0 aromatic heterocycles. The standard InChI is InChI=1S/C31H28Br2N2O2/c1-19-14-24(30(36)26(32)16-19)28(22-10-6-4-7-11-22)34-18-21(3)35-29(23-12-8-5-9-13-23)25-15-20(2)17-27(33)31(25)37/h4-17,21,36-37H,18H2,1-3H3. The molecule has 0 heterocycles. The number of phenolic OH excluding ortho intramolecular Hbond substituents is 2. The summed E-state index contributed by atoms with van der Waals surface area (Å²) < 4.78 is 1.26. The van der Waals surface area contributed by atoms with Crippen LogP contribution in [-0.2, 0) is 0 Å². The lowest BCUT2D eigenvalue weighted by Crippen LogP contribution is -2.14. The average molecular weight is 620 g/mol. The van der Waals surface area contributed by atoms with Crippen molar-refractivity contribution in [3.05, 3.63) is 127 Å². The Labute approximate surface area is 234 Å². The molecule has 0 bridgehead atoms. The van der Waals surface area contributed by atoms with Crippen molar-refractivity contribution in [3.63, 3.8) is 0 Å². The molecule has 0 amide bonds. The monoisotopic (exact) mass is 618 g/mol. The van der Waals surface area contributed by atoms with Crippen molar-refractivity contribution in [1.82, 2.24) is 0 Å². The van der Waals surface area contributed by atoms with Crippen LogP contribution < -0.4 is 0 Å². The molecule has 4 aromatic rings. The average Bonchev–Trinajstić information content (AvgIpc) is 2.89. The van der Waals surface area contributed by atoms with E-state index in [1.165, 1.54) is 0 Å². The van der Waals surface area contributed by atoms with Crippen molar-refractivity contribution < 1.29 is 10.2 Å². The summed E-state index contributed by atoms with van der Waals surface area (Å²) in [4.78, 5) is 10.00. The quantitative estimate of drug-likeness (QED) is 0.206. The van der Waals surface area contributed by atoms with Gasteiger partial charge in [-0.3, -0.25) is 9.98 Å². The lowest BCUT2D eigenvalue weighted by atomic mass is 9.99. The molecule has 4 nitrogen and oxygen atoms in total. The first-order valence-corrected chi connectivity index (χ1v) is 13.5. The van der Waals surface area contributed by atoms with Gasteiger partial charge in [0, 0.05) is 22.3 Å². The highest BCUT2D eigenvalue weighted by atomic mass is 79.9. The lowest BCUT2D eigenvalue weighted by molar-refractivity contribution is 0.470. The maximum atomic E-state index is 10.9. The van der Waals surface area contributed by atoms with Gasteiger partial charge in [0.2, 0.25) is 0 Å².